The zero-order valence-electron chi connectivity index (χ0n) is 11.3. The van der Waals surface area contributed by atoms with Crippen molar-refractivity contribution >= 4 is 5.97 Å². The molecule has 0 aliphatic heterocycles. The van der Waals surface area contributed by atoms with Crippen LogP contribution >= 0.6 is 0 Å². The molecule has 1 unspecified atom stereocenters. The van der Waals surface area contributed by atoms with Gasteiger partial charge in [0.1, 0.15) is 0 Å². The summed E-state index contributed by atoms with van der Waals surface area (Å²) < 4.78 is 0. The molecule has 16 heavy (non-hydrogen) atoms. The predicted molar refractivity (Wildman–Crippen MR) is 66.6 cm³/mol. The molecule has 0 N–H and O–H groups in total. The van der Waals surface area contributed by atoms with E-state index in [1.165, 1.54) is 0 Å². The van der Waals surface area contributed by atoms with Crippen LogP contribution in [0.2, 0.25) is 0 Å². The van der Waals surface area contributed by atoms with Crippen LogP contribution in [0.15, 0.2) is 0 Å². The molecule has 2 heteroatoms. The second kappa shape index (κ2) is 7.70. The Hall–Kier alpha value is -0.530. The Bertz CT molecular complexity index is 191. The lowest BCUT2D eigenvalue weighted by molar-refractivity contribution is -0.153. The van der Waals surface area contributed by atoms with Gasteiger partial charge in [-0.25, -0.2) is 9.90 Å². The molecule has 0 rings (SSSR count). The molecular formula is C14H27O2. The average Bonchev–Trinajstić information content (AvgIpc) is 2.29. The molecule has 1 radical (unpaired) electrons. The molecule has 95 valence electrons. The van der Waals surface area contributed by atoms with Crippen LogP contribution in [-0.2, 0) is 9.90 Å². The van der Waals surface area contributed by atoms with E-state index in [2.05, 4.69) is 20.8 Å². The van der Waals surface area contributed by atoms with E-state index in [1.54, 1.807) is 0 Å². The summed E-state index contributed by atoms with van der Waals surface area (Å²) in [5.41, 5.74) is -0.0369. The highest BCUT2D eigenvalue weighted by atomic mass is 16.4. The molecule has 1 atom stereocenters. The van der Waals surface area contributed by atoms with Crippen molar-refractivity contribution in [1.82, 2.24) is 0 Å². The van der Waals surface area contributed by atoms with Crippen LogP contribution in [0.5, 0.6) is 0 Å². The lowest BCUT2D eigenvalue weighted by atomic mass is 9.67. The Balaban J connectivity index is 4.71. The number of hydrogen-bond acceptors (Lipinski definition) is 1. The van der Waals surface area contributed by atoms with Crippen LogP contribution in [0.3, 0.4) is 0 Å². The summed E-state index contributed by atoms with van der Waals surface area (Å²) in [6.45, 7) is 8.25. The maximum absolute atomic E-state index is 11.1. The SMILES string of the molecule is CCCCC(CC)(CCCC)C(C)C([O])=O. The van der Waals surface area contributed by atoms with Crippen LogP contribution in [0.4, 0.5) is 0 Å². The Labute approximate surface area is 100 Å². The maximum Gasteiger partial charge on any atom is 0.358 e. The van der Waals surface area contributed by atoms with Crippen molar-refractivity contribution in [3.63, 3.8) is 0 Å². The highest BCUT2D eigenvalue weighted by Gasteiger charge is 2.38. The average molecular weight is 227 g/mol. The van der Waals surface area contributed by atoms with E-state index in [0.717, 1.165) is 44.9 Å². The Morgan fingerprint density at radius 3 is 1.75 bits per heavy atom. The van der Waals surface area contributed by atoms with Crippen molar-refractivity contribution in [2.24, 2.45) is 11.3 Å². The van der Waals surface area contributed by atoms with Crippen molar-refractivity contribution in [3.8, 4) is 0 Å². The molecule has 0 spiro atoms. The Morgan fingerprint density at radius 2 is 1.50 bits per heavy atom. The van der Waals surface area contributed by atoms with Gasteiger partial charge in [-0.3, -0.25) is 0 Å². The monoisotopic (exact) mass is 227 g/mol. The highest BCUT2D eigenvalue weighted by Crippen LogP contribution is 2.42. The fourth-order valence-corrected chi connectivity index (χ4v) is 2.53. The van der Waals surface area contributed by atoms with Gasteiger partial charge in [0.15, 0.2) is 0 Å². The molecule has 0 saturated carbocycles. The summed E-state index contributed by atoms with van der Waals surface area (Å²) in [5, 5.41) is 11.1. The summed E-state index contributed by atoms with van der Waals surface area (Å²) in [7, 11) is 0. The zero-order valence-corrected chi connectivity index (χ0v) is 11.3. The van der Waals surface area contributed by atoms with Gasteiger partial charge < -0.3 is 0 Å². The maximum atomic E-state index is 11.1. The zero-order chi connectivity index (χ0) is 12.6. The van der Waals surface area contributed by atoms with Crippen LogP contribution in [0.25, 0.3) is 0 Å². The first-order valence-corrected chi connectivity index (χ1v) is 6.74. The molecule has 0 amide bonds. The van der Waals surface area contributed by atoms with Crippen LogP contribution in [0.1, 0.15) is 72.6 Å². The van der Waals surface area contributed by atoms with E-state index < -0.39 is 5.97 Å². The first-order valence-electron chi connectivity index (χ1n) is 6.74. The number of rotatable bonds is 9. The number of carbonyl (C=O) groups is 1. The summed E-state index contributed by atoms with van der Waals surface area (Å²) in [5.74, 6) is -1.20. The molecular weight excluding hydrogens is 200 g/mol. The molecule has 0 saturated heterocycles. The van der Waals surface area contributed by atoms with Gasteiger partial charge in [-0.15, -0.1) is 0 Å². The molecule has 0 aliphatic carbocycles. The van der Waals surface area contributed by atoms with Gasteiger partial charge >= 0.3 is 5.97 Å². The second-order valence-electron chi connectivity index (χ2n) is 4.96. The highest BCUT2D eigenvalue weighted by molar-refractivity contribution is 5.70. The van der Waals surface area contributed by atoms with Gasteiger partial charge in [0.2, 0.25) is 0 Å². The summed E-state index contributed by atoms with van der Waals surface area (Å²) in [6.07, 6.45) is 7.50. The van der Waals surface area contributed by atoms with Gasteiger partial charge in [0, 0.05) is 0 Å². The smallest absolute Gasteiger partial charge is 0.247 e. The van der Waals surface area contributed by atoms with Crippen molar-refractivity contribution in [2.45, 2.75) is 72.6 Å². The molecule has 0 heterocycles. The van der Waals surface area contributed by atoms with Crippen molar-refractivity contribution in [3.05, 3.63) is 0 Å². The Kier molecular flexibility index (Phi) is 7.44. The fraction of sp³-hybridized carbons (Fsp3) is 0.929. The van der Waals surface area contributed by atoms with Crippen LogP contribution < -0.4 is 0 Å². The normalized spacial score (nSPS) is 13.8. The molecule has 0 aromatic heterocycles. The van der Waals surface area contributed by atoms with Gasteiger partial charge in [-0.1, -0.05) is 53.4 Å². The van der Waals surface area contributed by atoms with E-state index >= 15 is 0 Å². The summed E-state index contributed by atoms with van der Waals surface area (Å²) >= 11 is 0. The van der Waals surface area contributed by atoms with E-state index in [4.69, 9.17) is 0 Å². The predicted octanol–water partition coefficient (Wildman–Crippen LogP) is 4.36. The third-order valence-corrected chi connectivity index (χ3v) is 4.03. The summed E-state index contributed by atoms with van der Waals surface area (Å²) in [4.78, 5) is 11.1. The minimum absolute atomic E-state index is 0.0369. The van der Waals surface area contributed by atoms with E-state index in [1.807, 2.05) is 6.92 Å². The first kappa shape index (κ1) is 15.5. The minimum atomic E-state index is -0.881. The third kappa shape index (κ3) is 4.15. The van der Waals surface area contributed by atoms with E-state index in [-0.39, 0.29) is 11.3 Å². The number of unbranched alkanes of at least 4 members (excludes halogenated alkanes) is 2. The van der Waals surface area contributed by atoms with Crippen molar-refractivity contribution in [1.29, 1.82) is 0 Å². The molecule has 2 nitrogen and oxygen atoms in total. The molecule has 0 aromatic carbocycles. The molecule has 0 bridgehead atoms. The van der Waals surface area contributed by atoms with Gasteiger partial charge in [-0.2, -0.15) is 0 Å². The largest absolute Gasteiger partial charge is 0.358 e. The van der Waals surface area contributed by atoms with E-state index in [0.29, 0.717) is 0 Å². The van der Waals surface area contributed by atoms with E-state index in [9.17, 15) is 9.90 Å². The third-order valence-electron chi connectivity index (χ3n) is 4.03. The lowest BCUT2D eigenvalue weighted by Gasteiger charge is -2.36. The van der Waals surface area contributed by atoms with Crippen molar-refractivity contribution < 1.29 is 9.90 Å². The quantitative estimate of drug-likeness (QED) is 0.576. The Morgan fingerprint density at radius 1 is 1.06 bits per heavy atom. The molecule has 0 fully saturated rings. The second-order valence-corrected chi connectivity index (χ2v) is 4.96. The number of carbonyl (C=O) groups excluding carboxylic acids is 1. The first-order chi connectivity index (χ1) is 7.54. The van der Waals surface area contributed by atoms with Gasteiger partial charge in [0.05, 0.1) is 5.92 Å². The van der Waals surface area contributed by atoms with Crippen LogP contribution in [-0.4, -0.2) is 5.97 Å². The minimum Gasteiger partial charge on any atom is -0.247 e. The van der Waals surface area contributed by atoms with Crippen molar-refractivity contribution in [2.75, 3.05) is 0 Å². The molecule has 0 aliphatic rings. The summed E-state index contributed by atoms with van der Waals surface area (Å²) in [6, 6.07) is 0. The number of hydrogen-bond donors (Lipinski definition) is 0. The topological polar surface area (TPSA) is 37.0 Å². The standard InChI is InChI=1S/C14H27O2/c1-5-8-10-14(7-3,11-9-6-2)12(4)13(15)16/h12H,5-11H2,1-4H3. The fourth-order valence-electron chi connectivity index (χ4n) is 2.53. The lowest BCUT2D eigenvalue weighted by Crippen LogP contribution is -2.33. The van der Waals surface area contributed by atoms with Gasteiger partial charge in [-0.05, 0) is 24.7 Å². The van der Waals surface area contributed by atoms with Crippen LogP contribution in [0, 0.1) is 11.3 Å². The van der Waals surface area contributed by atoms with Gasteiger partial charge in [0.25, 0.3) is 0 Å². The molecule has 0 aromatic rings.